The number of nitrogens with zero attached hydrogens (tertiary/aromatic N) is 3. The van der Waals surface area contributed by atoms with E-state index in [4.69, 9.17) is 16.5 Å². The number of nitrogens with one attached hydrogen (secondary N) is 1. The highest BCUT2D eigenvalue weighted by Gasteiger charge is 2.15. The number of fused-ring (bicyclic) bond motifs is 4. The lowest BCUT2D eigenvalue weighted by Gasteiger charge is -2.09. The van der Waals surface area contributed by atoms with Gasteiger partial charge in [-0.05, 0) is 24.3 Å². The fourth-order valence-electron chi connectivity index (χ4n) is 4.16. The Bertz CT molecular complexity index is 1650. The number of hydrogen-bond donors (Lipinski definition) is 1. The first-order valence-electron chi connectivity index (χ1n) is 10.1. The van der Waals surface area contributed by atoms with Crippen LogP contribution in [0.3, 0.4) is 0 Å². The van der Waals surface area contributed by atoms with Crippen molar-refractivity contribution in [2.75, 3.05) is 0 Å². The van der Waals surface area contributed by atoms with Crippen molar-refractivity contribution in [1.29, 1.82) is 0 Å². The van der Waals surface area contributed by atoms with E-state index < -0.39 is 0 Å². The standard InChI is InChI=1S/C27H16N4/c1-28-25-16-15-24(23-14-13-17-7-2-4-11-21(17)29-23)31-27(25)20-10-6-9-19-18-8-3-5-12-22(18)30-26(19)20/h2-16,30H. The van der Waals surface area contributed by atoms with Crippen molar-refractivity contribution >= 4 is 38.4 Å². The molecule has 0 atom stereocenters. The maximum atomic E-state index is 7.69. The molecule has 0 spiro atoms. The molecule has 0 bridgehead atoms. The Morgan fingerprint density at radius 1 is 0.677 bits per heavy atom. The number of aromatic nitrogens is 3. The highest BCUT2D eigenvalue weighted by Crippen LogP contribution is 2.37. The van der Waals surface area contributed by atoms with Crippen molar-refractivity contribution in [3.05, 3.63) is 102 Å². The van der Waals surface area contributed by atoms with Crippen molar-refractivity contribution in [3.63, 3.8) is 0 Å². The molecule has 6 rings (SSSR count). The molecule has 0 aliphatic rings. The predicted octanol–water partition coefficient (Wildman–Crippen LogP) is 7.15. The third-order valence-electron chi connectivity index (χ3n) is 5.65. The zero-order valence-corrected chi connectivity index (χ0v) is 16.5. The minimum atomic E-state index is 0.524. The van der Waals surface area contributed by atoms with Crippen molar-refractivity contribution in [2.24, 2.45) is 0 Å². The lowest BCUT2D eigenvalue weighted by molar-refractivity contribution is 1.28. The van der Waals surface area contributed by atoms with Gasteiger partial charge >= 0.3 is 0 Å². The Balaban J connectivity index is 1.59. The van der Waals surface area contributed by atoms with Crippen LogP contribution in [0.5, 0.6) is 0 Å². The second-order valence-corrected chi connectivity index (χ2v) is 7.46. The van der Waals surface area contributed by atoms with Crippen molar-refractivity contribution in [2.45, 2.75) is 0 Å². The molecule has 144 valence electrons. The molecule has 0 aliphatic heterocycles. The van der Waals surface area contributed by atoms with E-state index in [-0.39, 0.29) is 0 Å². The predicted molar refractivity (Wildman–Crippen MR) is 126 cm³/mol. The number of para-hydroxylation sites is 3. The minimum Gasteiger partial charge on any atom is -0.354 e. The highest BCUT2D eigenvalue weighted by atomic mass is 14.8. The summed E-state index contributed by atoms with van der Waals surface area (Å²) in [6.45, 7) is 7.69. The number of benzene rings is 3. The SMILES string of the molecule is [C-]#[N+]c1ccc(-c2ccc3ccccc3n2)nc1-c1cccc2c1[nH]c1ccccc12. The number of pyridine rings is 2. The van der Waals surface area contributed by atoms with Crippen LogP contribution in [0, 0.1) is 6.57 Å². The quantitative estimate of drug-likeness (QED) is 0.316. The number of rotatable bonds is 2. The molecule has 0 fully saturated rings. The molecule has 0 amide bonds. The summed E-state index contributed by atoms with van der Waals surface area (Å²) in [5.41, 5.74) is 6.64. The van der Waals surface area contributed by atoms with Gasteiger partial charge in [0.25, 0.3) is 0 Å². The van der Waals surface area contributed by atoms with Crippen LogP contribution < -0.4 is 0 Å². The number of aromatic amines is 1. The fourth-order valence-corrected chi connectivity index (χ4v) is 4.16. The average molecular weight is 396 g/mol. The molecule has 4 heteroatoms. The number of hydrogen-bond acceptors (Lipinski definition) is 2. The molecular weight excluding hydrogens is 380 g/mol. The Kier molecular flexibility index (Phi) is 3.81. The summed E-state index contributed by atoms with van der Waals surface area (Å²) in [6, 6.07) is 30.2. The molecule has 0 saturated carbocycles. The summed E-state index contributed by atoms with van der Waals surface area (Å²) < 4.78 is 0. The van der Waals surface area contributed by atoms with E-state index in [0.717, 1.165) is 49.7 Å². The van der Waals surface area contributed by atoms with E-state index in [0.29, 0.717) is 11.4 Å². The number of H-pyrrole nitrogens is 1. The third kappa shape index (κ3) is 2.76. The van der Waals surface area contributed by atoms with E-state index >= 15 is 0 Å². The second kappa shape index (κ2) is 6.79. The summed E-state index contributed by atoms with van der Waals surface area (Å²) in [4.78, 5) is 17.0. The van der Waals surface area contributed by atoms with Crippen molar-refractivity contribution in [1.82, 2.24) is 15.0 Å². The van der Waals surface area contributed by atoms with Gasteiger partial charge in [0.2, 0.25) is 5.69 Å². The summed E-state index contributed by atoms with van der Waals surface area (Å²) in [6.07, 6.45) is 0. The molecule has 0 radical (unpaired) electrons. The van der Waals surface area contributed by atoms with Crippen LogP contribution in [0.2, 0.25) is 0 Å². The molecule has 31 heavy (non-hydrogen) atoms. The van der Waals surface area contributed by atoms with Gasteiger partial charge in [-0.15, -0.1) is 0 Å². The Labute approximate surface area is 178 Å². The normalized spacial score (nSPS) is 11.2. The Hall–Kier alpha value is -4.49. The topological polar surface area (TPSA) is 45.9 Å². The second-order valence-electron chi connectivity index (χ2n) is 7.46. The van der Waals surface area contributed by atoms with E-state index in [1.807, 2.05) is 66.7 Å². The van der Waals surface area contributed by atoms with E-state index in [9.17, 15) is 0 Å². The third-order valence-corrected chi connectivity index (χ3v) is 5.65. The van der Waals surface area contributed by atoms with Gasteiger partial charge in [-0.2, -0.15) is 0 Å². The first-order valence-corrected chi connectivity index (χ1v) is 10.1. The molecule has 1 N–H and O–H groups in total. The van der Waals surface area contributed by atoms with E-state index in [1.165, 1.54) is 0 Å². The average Bonchev–Trinajstić information content (AvgIpc) is 3.22. The van der Waals surface area contributed by atoms with Crippen molar-refractivity contribution < 1.29 is 0 Å². The maximum absolute atomic E-state index is 7.69. The van der Waals surface area contributed by atoms with Crippen LogP contribution in [0.4, 0.5) is 5.69 Å². The monoisotopic (exact) mass is 396 g/mol. The van der Waals surface area contributed by atoms with Gasteiger partial charge in [-0.1, -0.05) is 66.7 Å². The molecule has 0 saturated heterocycles. The summed E-state index contributed by atoms with van der Waals surface area (Å²) in [5.74, 6) is 0. The smallest absolute Gasteiger partial charge is 0.213 e. The molecule has 6 aromatic rings. The molecule has 4 nitrogen and oxygen atoms in total. The highest BCUT2D eigenvalue weighted by molar-refractivity contribution is 6.12. The Morgan fingerprint density at radius 2 is 1.45 bits per heavy atom. The molecule has 3 aromatic carbocycles. The molecule has 3 aromatic heterocycles. The van der Waals surface area contributed by atoms with Gasteiger partial charge in [0, 0.05) is 27.2 Å². The van der Waals surface area contributed by atoms with Gasteiger partial charge in [0.1, 0.15) is 0 Å². The van der Waals surface area contributed by atoms with Crippen molar-refractivity contribution in [3.8, 4) is 22.6 Å². The molecule has 3 heterocycles. The largest absolute Gasteiger partial charge is 0.354 e. The van der Waals surface area contributed by atoms with Crippen LogP contribution in [0.25, 0.3) is 60.2 Å². The van der Waals surface area contributed by atoms with Gasteiger partial charge in [0.05, 0.1) is 34.7 Å². The first kappa shape index (κ1) is 17.4. The minimum absolute atomic E-state index is 0.524. The lowest BCUT2D eigenvalue weighted by Crippen LogP contribution is -1.92. The zero-order chi connectivity index (χ0) is 20.8. The fraction of sp³-hybridized carbons (Fsp3) is 0. The van der Waals surface area contributed by atoms with Crippen LogP contribution in [-0.2, 0) is 0 Å². The van der Waals surface area contributed by atoms with E-state index in [1.54, 1.807) is 0 Å². The Morgan fingerprint density at radius 3 is 2.39 bits per heavy atom. The van der Waals surface area contributed by atoms with Crippen LogP contribution >= 0.6 is 0 Å². The molecule has 0 aliphatic carbocycles. The van der Waals surface area contributed by atoms with Gasteiger partial charge in [0.15, 0.2) is 0 Å². The van der Waals surface area contributed by atoms with Gasteiger partial charge < -0.3 is 4.98 Å². The lowest BCUT2D eigenvalue weighted by atomic mass is 10.0. The van der Waals surface area contributed by atoms with Crippen LogP contribution in [-0.4, -0.2) is 15.0 Å². The zero-order valence-electron chi connectivity index (χ0n) is 16.5. The molecular formula is C27H16N4. The summed E-state index contributed by atoms with van der Waals surface area (Å²) in [7, 11) is 0. The van der Waals surface area contributed by atoms with Gasteiger partial charge in [-0.25, -0.2) is 9.83 Å². The maximum Gasteiger partial charge on any atom is 0.213 e. The first-order chi connectivity index (χ1) is 15.3. The van der Waals surface area contributed by atoms with Crippen LogP contribution in [0.1, 0.15) is 0 Å². The van der Waals surface area contributed by atoms with Crippen LogP contribution in [0.15, 0.2) is 91.0 Å². The summed E-state index contributed by atoms with van der Waals surface area (Å²) >= 11 is 0. The molecule has 0 unspecified atom stereocenters. The summed E-state index contributed by atoms with van der Waals surface area (Å²) in [5, 5.41) is 3.38. The van der Waals surface area contributed by atoms with Gasteiger partial charge in [-0.3, -0.25) is 4.98 Å². The van der Waals surface area contributed by atoms with E-state index in [2.05, 4.69) is 34.1 Å².